The molecule has 5 N–H and O–H groups in total. The highest BCUT2D eigenvalue weighted by Gasteiger charge is 2.64. The molecule has 20 heavy (non-hydrogen) atoms. The number of hydrogen-bond acceptors (Lipinski definition) is 7. The summed E-state index contributed by atoms with van der Waals surface area (Å²) in [6.45, 7) is 0.335. The Morgan fingerprint density at radius 1 is 1.60 bits per heavy atom. The lowest BCUT2D eigenvalue weighted by Gasteiger charge is -2.24. The van der Waals surface area contributed by atoms with Crippen molar-refractivity contribution in [2.75, 3.05) is 12.3 Å². The first-order chi connectivity index (χ1) is 9.26. The van der Waals surface area contributed by atoms with E-state index >= 15 is 0 Å². The molecule has 3 atom stereocenters. The van der Waals surface area contributed by atoms with E-state index in [0.717, 1.165) is 17.7 Å². The van der Waals surface area contributed by atoms with Gasteiger partial charge >= 0.3 is 5.92 Å². The fourth-order valence-electron chi connectivity index (χ4n) is 2.00. The van der Waals surface area contributed by atoms with E-state index < -0.39 is 36.1 Å². The molecule has 10 heteroatoms. The topological polar surface area (TPSA) is 126 Å². The number of nitrogens with zero attached hydrogens (tertiary/aromatic N) is 3. The minimum absolute atomic E-state index is 0.0409. The van der Waals surface area contributed by atoms with Crippen molar-refractivity contribution in [3.05, 3.63) is 17.9 Å². The van der Waals surface area contributed by atoms with Crippen molar-refractivity contribution in [2.24, 2.45) is 5.16 Å². The molecule has 0 spiro atoms. The molecular formula is C10H14F2N4O4. The van der Waals surface area contributed by atoms with Crippen LogP contribution in [0.25, 0.3) is 0 Å². The molecular weight excluding hydrogens is 278 g/mol. The van der Waals surface area contributed by atoms with Crippen molar-refractivity contribution in [1.82, 2.24) is 9.55 Å². The lowest BCUT2D eigenvalue weighted by Crippen LogP contribution is -2.47. The van der Waals surface area contributed by atoms with Gasteiger partial charge in [-0.2, -0.15) is 13.8 Å². The SMILES string of the molecule is C[C@]1(CO)O[C@@H](n2ccc(N)n/c2=N\O)C(F)(F)[C@@H]1O. The number of nitrogen functional groups attached to an aromatic ring is 1. The van der Waals surface area contributed by atoms with E-state index in [4.69, 9.17) is 20.8 Å². The van der Waals surface area contributed by atoms with Gasteiger partial charge in [-0.3, -0.25) is 4.57 Å². The molecule has 0 aliphatic carbocycles. The van der Waals surface area contributed by atoms with Gasteiger partial charge in [0, 0.05) is 6.20 Å². The van der Waals surface area contributed by atoms with Gasteiger partial charge in [-0.15, -0.1) is 0 Å². The summed E-state index contributed by atoms with van der Waals surface area (Å²) >= 11 is 0. The molecule has 1 aromatic heterocycles. The maximum atomic E-state index is 14.1. The predicted molar refractivity (Wildman–Crippen MR) is 60.6 cm³/mol. The van der Waals surface area contributed by atoms with Crippen molar-refractivity contribution >= 4 is 5.82 Å². The van der Waals surface area contributed by atoms with Crippen LogP contribution in [0.2, 0.25) is 0 Å². The first kappa shape index (κ1) is 14.6. The largest absolute Gasteiger partial charge is 0.408 e. The summed E-state index contributed by atoms with van der Waals surface area (Å²) in [6.07, 6.45) is -3.14. The smallest absolute Gasteiger partial charge is 0.320 e. The average Bonchev–Trinajstić information content (AvgIpc) is 2.60. The van der Waals surface area contributed by atoms with Gasteiger partial charge in [-0.1, -0.05) is 0 Å². The second kappa shape index (κ2) is 4.65. The molecule has 1 saturated heterocycles. The van der Waals surface area contributed by atoms with Crippen molar-refractivity contribution < 1.29 is 28.9 Å². The standard InChI is InChI=1S/C10H14F2N4O4/c1-9(4-17)6(18)10(11,12)7(20-9)16-3-2-5(13)14-8(16)15-19/h2-3,6-7,17-19H,4H2,1H3,(H2,13,14,15)/t6-,7-,9-/m1/s1. The summed E-state index contributed by atoms with van der Waals surface area (Å²) in [4.78, 5) is 3.57. The maximum Gasteiger partial charge on any atom is 0.320 e. The average molecular weight is 292 g/mol. The van der Waals surface area contributed by atoms with Gasteiger partial charge in [0.2, 0.25) is 6.23 Å². The Hall–Kier alpha value is -1.78. The molecule has 0 unspecified atom stereocenters. The molecule has 0 saturated carbocycles. The maximum absolute atomic E-state index is 14.1. The van der Waals surface area contributed by atoms with E-state index in [0.29, 0.717) is 0 Å². The highest BCUT2D eigenvalue weighted by molar-refractivity contribution is 5.23. The Morgan fingerprint density at radius 3 is 2.75 bits per heavy atom. The molecule has 1 aliphatic rings. The number of alkyl halides is 2. The number of anilines is 1. The normalized spacial score (nSPS) is 33.5. The number of aliphatic hydroxyl groups is 2. The fourth-order valence-corrected chi connectivity index (χ4v) is 2.00. The third-order valence-corrected chi connectivity index (χ3v) is 3.18. The van der Waals surface area contributed by atoms with Crippen molar-refractivity contribution in [3.8, 4) is 0 Å². The Balaban J connectivity index is 2.54. The highest BCUT2D eigenvalue weighted by Crippen LogP contribution is 2.47. The molecule has 0 bridgehead atoms. The number of halogens is 2. The van der Waals surface area contributed by atoms with Crippen LogP contribution in [0.5, 0.6) is 0 Å². The second-order valence-electron chi connectivity index (χ2n) is 4.68. The number of rotatable bonds is 2. The van der Waals surface area contributed by atoms with Gasteiger partial charge in [0.05, 0.1) is 6.61 Å². The lowest BCUT2D eigenvalue weighted by atomic mass is 9.98. The van der Waals surface area contributed by atoms with Crippen molar-refractivity contribution in [3.63, 3.8) is 0 Å². The van der Waals surface area contributed by atoms with E-state index in [1.54, 1.807) is 0 Å². The number of hydrogen-bond donors (Lipinski definition) is 4. The molecule has 1 aliphatic heterocycles. The van der Waals surface area contributed by atoms with E-state index in [-0.39, 0.29) is 5.82 Å². The minimum Gasteiger partial charge on any atom is -0.408 e. The van der Waals surface area contributed by atoms with Gasteiger partial charge in [0.15, 0.2) is 6.10 Å². The van der Waals surface area contributed by atoms with Gasteiger partial charge in [-0.25, -0.2) is 0 Å². The van der Waals surface area contributed by atoms with Gasteiger partial charge in [0.1, 0.15) is 11.4 Å². The van der Waals surface area contributed by atoms with Crippen LogP contribution in [0.4, 0.5) is 14.6 Å². The second-order valence-corrected chi connectivity index (χ2v) is 4.68. The van der Waals surface area contributed by atoms with Gasteiger partial charge in [-0.05, 0) is 18.1 Å². The van der Waals surface area contributed by atoms with Crippen LogP contribution in [0, 0.1) is 0 Å². The monoisotopic (exact) mass is 292 g/mol. The summed E-state index contributed by atoms with van der Waals surface area (Å²) in [5.74, 6) is -3.76. The molecule has 2 rings (SSSR count). The highest BCUT2D eigenvalue weighted by atomic mass is 19.3. The quantitative estimate of drug-likeness (QED) is 0.410. The molecule has 1 fully saturated rings. The zero-order chi connectivity index (χ0) is 15.1. The van der Waals surface area contributed by atoms with Crippen LogP contribution in [-0.2, 0) is 4.74 Å². The van der Waals surface area contributed by atoms with Gasteiger partial charge in [0.25, 0.3) is 5.62 Å². The lowest BCUT2D eigenvalue weighted by molar-refractivity contribution is -0.144. The number of aliphatic hydroxyl groups excluding tert-OH is 2. The summed E-state index contributed by atoms with van der Waals surface area (Å²) < 4.78 is 34.0. The van der Waals surface area contributed by atoms with Crippen LogP contribution in [-0.4, -0.2) is 49.2 Å². The number of nitrogens with two attached hydrogens (primary N) is 1. The Labute approximate surface area is 111 Å². The van der Waals surface area contributed by atoms with Crippen LogP contribution in [0.15, 0.2) is 17.4 Å². The Kier molecular flexibility index (Phi) is 3.40. The summed E-state index contributed by atoms with van der Waals surface area (Å²) in [5, 5.41) is 30.3. The molecule has 112 valence electrons. The summed E-state index contributed by atoms with van der Waals surface area (Å²) in [6, 6.07) is 1.20. The Bertz CT molecular complexity index is 579. The molecule has 0 radical (unpaired) electrons. The third kappa shape index (κ3) is 2.01. The summed E-state index contributed by atoms with van der Waals surface area (Å²) in [5.41, 5.74) is 3.00. The van der Waals surface area contributed by atoms with Crippen LogP contribution >= 0.6 is 0 Å². The van der Waals surface area contributed by atoms with E-state index in [1.807, 2.05) is 0 Å². The van der Waals surface area contributed by atoms with E-state index in [1.165, 1.54) is 6.07 Å². The van der Waals surface area contributed by atoms with Crippen LogP contribution < -0.4 is 11.4 Å². The molecule has 0 aromatic carbocycles. The van der Waals surface area contributed by atoms with E-state index in [9.17, 15) is 13.9 Å². The number of aromatic nitrogens is 2. The van der Waals surface area contributed by atoms with Crippen molar-refractivity contribution in [2.45, 2.75) is 30.8 Å². The zero-order valence-corrected chi connectivity index (χ0v) is 10.4. The first-order valence-corrected chi connectivity index (χ1v) is 5.63. The predicted octanol–water partition coefficient (Wildman–Crippen LogP) is -0.969. The third-order valence-electron chi connectivity index (χ3n) is 3.18. The van der Waals surface area contributed by atoms with E-state index in [2.05, 4.69) is 10.1 Å². The van der Waals surface area contributed by atoms with Crippen LogP contribution in [0.1, 0.15) is 13.2 Å². The first-order valence-electron chi connectivity index (χ1n) is 5.63. The molecule has 2 heterocycles. The fraction of sp³-hybridized carbons (Fsp3) is 0.600. The van der Waals surface area contributed by atoms with Gasteiger partial charge < -0.3 is 25.9 Å². The molecule has 1 aromatic rings. The molecule has 8 nitrogen and oxygen atoms in total. The summed E-state index contributed by atoms with van der Waals surface area (Å²) in [7, 11) is 0. The zero-order valence-electron chi connectivity index (χ0n) is 10.4. The number of ether oxygens (including phenoxy) is 1. The van der Waals surface area contributed by atoms with Crippen LogP contribution in [0.3, 0.4) is 0 Å². The molecule has 0 amide bonds. The Morgan fingerprint density at radius 2 is 2.25 bits per heavy atom. The van der Waals surface area contributed by atoms with Crippen molar-refractivity contribution in [1.29, 1.82) is 0 Å². The minimum atomic E-state index is -3.72.